The molecule has 3 aromatic rings. The van der Waals surface area contributed by atoms with Gasteiger partial charge in [-0.3, -0.25) is 4.79 Å². The number of carbonyl (C=O) groups excluding carboxylic acids is 1. The Balaban J connectivity index is 2.01. The Bertz CT molecular complexity index is 1030. The monoisotopic (exact) mass is 402 g/mol. The second-order valence-corrected chi connectivity index (χ2v) is 8.60. The minimum absolute atomic E-state index is 0.136. The smallest absolute Gasteiger partial charge is 0.185 e. The molecule has 3 aromatic carbocycles. The van der Waals surface area contributed by atoms with Crippen LogP contribution < -0.4 is 0 Å². The topological polar surface area (TPSA) is 51.2 Å². The number of hydrogen-bond acceptors (Lipinski definition) is 3. The van der Waals surface area contributed by atoms with Crippen LogP contribution in [-0.2, 0) is 9.84 Å². The van der Waals surface area contributed by atoms with E-state index in [1.54, 1.807) is 42.5 Å². The normalized spacial score (nSPS) is 12.5. The maximum atomic E-state index is 13.2. The Kier molecular flexibility index (Phi) is 5.73. The Morgan fingerprint density at radius 2 is 1.48 bits per heavy atom. The summed E-state index contributed by atoms with van der Waals surface area (Å²) in [7, 11) is -3.82. The lowest BCUT2D eigenvalue weighted by Gasteiger charge is -2.18. The predicted molar refractivity (Wildman–Crippen MR) is 103 cm³/mol. The van der Waals surface area contributed by atoms with Crippen LogP contribution in [0.3, 0.4) is 0 Å². The number of Topliss-reactive ketones (excluding diaryl/α,β-unsaturated/α-hetero) is 1. The molecule has 138 valence electrons. The Morgan fingerprint density at radius 3 is 2.07 bits per heavy atom. The molecule has 0 aliphatic carbocycles. The van der Waals surface area contributed by atoms with Crippen LogP contribution in [0.25, 0.3) is 0 Å². The van der Waals surface area contributed by atoms with Gasteiger partial charge >= 0.3 is 0 Å². The van der Waals surface area contributed by atoms with Gasteiger partial charge in [-0.05, 0) is 54.1 Å². The minimum Gasteiger partial charge on any atom is -0.294 e. The zero-order chi connectivity index (χ0) is 19.4. The largest absolute Gasteiger partial charge is 0.294 e. The third-order valence-corrected chi connectivity index (χ3v) is 6.59. The maximum Gasteiger partial charge on any atom is 0.185 e. The number of hydrogen-bond donors (Lipinski definition) is 0. The molecule has 27 heavy (non-hydrogen) atoms. The summed E-state index contributed by atoms with van der Waals surface area (Å²) in [5.74, 6) is -0.841. The molecule has 0 bridgehead atoms. The summed E-state index contributed by atoms with van der Waals surface area (Å²) in [6, 6.07) is 19.4. The van der Waals surface area contributed by atoms with E-state index in [2.05, 4.69) is 0 Å². The summed E-state index contributed by atoms with van der Waals surface area (Å²) in [5, 5.41) is -0.603. The molecular formula is C21H16ClFO3S. The molecule has 3 nitrogen and oxygen atoms in total. The van der Waals surface area contributed by atoms with Gasteiger partial charge < -0.3 is 0 Å². The molecule has 1 atom stereocenters. The van der Waals surface area contributed by atoms with E-state index in [4.69, 9.17) is 11.6 Å². The SMILES string of the molecule is O=C(C[C@@H](c1ccc(Cl)cc1)S(=O)(=O)c1ccccc1)c1ccc(F)cc1. The van der Waals surface area contributed by atoms with Gasteiger partial charge in [-0.25, -0.2) is 12.8 Å². The lowest BCUT2D eigenvalue weighted by molar-refractivity contribution is 0.0980. The molecule has 0 saturated carbocycles. The van der Waals surface area contributed by atoms with Crippen molar-refractivity contribution in [3.8, 4) is 0 Å². The van der Waals surface area contributed by atoms with Gasteiger partial charge in [-0.1, -0.05) is 41.9 Å². The van der Waals surface area contributed by atoms with Crippen LogP contribution in [0.4, 0.5) is 4.39 Å². The van der Waals surface area contributed by atoms with Crippen molar-refractivity contribution in [2.75, 3.05) is 0 Å². The predicted octanol–water partition coefficient (Wildman–Crippen LogP) is 5.27. The second-order valence-electron chi connectivity index (χ2n) is 6.03. The molecular weight excluding hydrogens is 387 g/mol. The molecule has 0 radical (unpaired) electrons. The van der Waals surface area contributed by atoms with Gasteiger partial charge in [0.05, 0.1) is 10.1 Å². The standard InChI is InChI=1S/C21H16ClFO3S/c22-17-10-6-16(7-11-17)21(27(25,26)19-4-2-1-3-5-19)14-20(24)15-8-12-18(23)13-9-15/h1-13,21H,14H2/t21-/m0/s1. The molecule has 0 aliphatic heterocycles. The fourth-order valence-corrected chi connectivity index (χ4v) is 4.66. The first-order chi connectivity index (χ1) is 12.9. The van der Waals surface area contributed by atoms with Crippen molar-refractivity contribution in [1.29, 1.82) is 0 Å². The third kappa shape index (κ3) is 4.43. The molecule has 0 amide bonds. The van der Waals surface area contributed by atoms with Crippen molar-refractivity contribution in [3.63, 3.8) is 0 Å². The van der Waals surface area contributed by atoms with Crippen LogP contribution in [0.1, 0.15) is 27.6 Å². The lowest BCUT2D eigenvalue weighted by atomic mass is 10.0. The number of halogens is 2. The number of benzene rings is 3. The van der Waals surface area contributed by atoms with Gasteiger partial charge in [0.15, 0.2) is 15.6 Å². The molecule has 0 aliphatic rings. The summed E-state index contributed by atoms with van der Waals surface area (Å²) in [6.45, 7) is 0. The van der Waals surface area contributed by atoms with E-state index < -0.39 is 20.9 Å². The number of rotatable bonds is 6. The van der Waals surface area contributed by atoms with Crippen molar-refractivity contribution in [1.82, 2.24) is 0 Å². The first-order valence-corrected chi connectivity index (χ1v) is 10.1. The Morgan fingerprint density at radius 1 is 0.889 bits per heavy atom. The molecule has 0 aromatic heterocycles. The average Bonchev–Trinajstić information content (AvgIpc) is 2.68. The van der Waals surface area contributed by atoms with Gasteiger partial charge in [-0.15, -0.1) is 0 Å². The molecule has 0 unspecified atom stereocenters. The fraction of sp³-hybridized carbons (Fsp3) is 0.0952. The second kappa shape index (κ2) is 8.03. The third-order valence-electron chi connectivity index (χ3n) is 4.23. The van der Waals surface area contributed by atoms with Crippen molar-refractivity contribution in [2.24, 2.45) is 0 Å². The highest BCUT2D eigenvalue weighted by Gasteiger charge is 2.31. The van der Waals surface area contributed by atoms with Crippen molar-refractivity contribution >= 4 is 27.2 Å². The fourth-order valence-electron chi connectivity index (χ4n) is 2.78. The Labute approximate surface area is 162 Å². The summed E-state index contributed by atoms with van der Waals surface area (Å²) in [4.78, 5) is 12.8. The van der Waals surface area contributed by atoms with Crippen LogP contribution in [-0.4, -0.2) is 14.2 Å². The molecule has 3 rings (SSSR count). The minimum atomic E-state index is -3.82. The van der Waals surface area contributed by atoms with Crippen LogP contribution in [0.2, 0.25) is 5.02 Å². The highest BCUT2D eigenvalue weighted by molar-refractivity contribution is 7.91. The highest BCUT2D eigenvalue weighted by atomic mass is 35.5. The summed E-state index contributed by atoms with van der Waals surface area (Å²) >= 11 is 5.91. The molecule has 0 heterocycles. The number of ketones is 1. The van der Waals surface area contributed by atoms with E-state index in [1.807, 2.05) is 0 Å². The van der Waals surface area contributed by atoms with Gasteiger partial charge in [-0.2, -0.15) is 0 Å². The maximum absolute atomic E-state index is 13.2. The number of carbonyl (C=O) groups is 1. The van der Waals surface area contributed by atoms with E-state index in [0.29, 0.717) is 10.6 Å². The van der Waals surface area contributed by atoms with Crippen molar-refractivity contribution in [3.05, 3.63) is 101 Å². The quantitative estimate of drug-likeness (QED) is 0.528. The average molecular weight is 403 g/mol. The first kappa shape index (κ1) is 19.3. The van der Waals surface area contributed by atoms with E-state index in [9.17, 15) is 17.6 Å². The molecule has 0 saturated heterocycles. The van der Waals surface area contributed by atoms with E-state index in [-0.39, 0.29) is 22.7 Å². The van der Waals surface area contributed by atoms with E-state index in [1.165, 1.54) is 36.4 Å². The summed E-state index contributed by atoms with van der Waals surface area (Å²) in [5.41, 5.74) is 0.734. The highest BCUT2D eigenvalue weighted by Crippen LogP contribution is 2.33. The molecule has 6 heteroatoms. The van der Waals surface area contributed by atoms with Gasteiger partial charge in [0, 0.05) is 17.0 Å². The summed E-state index contributed by atoms with van der Waals surface area (Å²) < 4.78 is 39.5. The van der Waals surface area contributed by atoms with Crippen LogP contribution >= 0.6 is 11.6 Å². The van der Waals surface area contributed by atoms with Gasteiger partial charge in [0.2, 0.25) is 0 Å². The summed E-state index contributed by atoms with van der Waals surface area (Å²) in [6.07, 6.45) is -0.259. The molecule has 0 N–H and O–H groups in total. The van der Waals surface area contributed by atoms with Gasteiger partial charge in [0.25, 0.3) is 0 Å². The lowest BCUT2D eigenvalue weighted by Crippen LogP contribution is -2.18. The van der Waals surface area contributed by atoms with E-state index >= 15 is 0 Å². The first-order valence-electron chi connectivity index (χ1n) is 8.21. The zero-order valence-electron chi connectivity index (χ0n) is 14.2. The van der Waals surface area contributed by atoms with Crippen LogP contribution in [0.15, 0.2) is 83.8 Å². The van der Waals surface area contributed by atoms with E-state index in [0.717, 1.165) is 0 Å². The van der Waals surface area contributed by atoms with Crippen LogP contribution in [0, 0.1) is 5.82 Å². The zero-order valence-corrected chi connectivity index (χ0v) is 15.8. The van der Waals surface area contributed by atoms with Gasteiger partial charge in [0.1, 0.15) is 5.82 Å². The van der Waals surface area contributed by atoms with Crippen LogP contribution in [0.5, 0.6) is 0 Å². The molecule has 0 spiro atoms. The number of sulfone groups is 1. The van der Waals surface area contributed by atoms with Crippen molar-refractivity contribution < 1.29 is 17.6 Å². The molecule has 0 fully saturated rings. The Hall–Kier alpha value is -2.50. The van der Waals surface area contributed by atoms with Crippen molar-refractivity contribution in [2.45, 2.75) is 16.6 Å².